The fraction of sp³-hybridized carbons (Fsp3) is 0.158. The molecule has 122 valence electrons. The first-order valence-electron chi connectivity index (χ1n) is 7.76. The second kappa shape index (κ2) is 7.45. The second-order valence-electron chi connectivity index (χ2n) is 5.72. The van der Waals surface area contributed by atoms with Gasteiger partial charge in [0.1, 0.15) is 5.82 Å². The quantitative estimate of drug-likeness (QED) is 0.635. The zero-order valence-corrected chi connectivity index (χ0v) is 15.3. The fourth-order valence-corrected chi connectivity index (χ4v) is 2.97. The third-order valence-corrected chi connectivity index (χ3v) is 4.24. The Labute approximate surface area is 150 Å². The molecule has 0 aliphatic heterocycles. The molecule has 5 heteroatoms. The summed E-state index contributed by atoms with van der Waals surface area (Å²) in [6.45, 7) is 4.88. The van der Waals surface area contributed by atoms with E-state index in [1.807, 2.05) is 18.2 Å². The number of aryl methyl sites for hydroxylation is 2. The van der Waals surface area contributed by atoms with Gasteiger partial charge in [0, 0.05) is 17.2 Å². The Balaban J connectivity index is 1.69. The molecule has 3 rings (SSSR count). The van der Waals surface area contributed by atoms with Crippen molar-refractivity contribution in [3.63, 3.8) is 0 Å². The SMILES string of the molecule is Cc1cccc(CNc2ccnc(Nc3ccc(C)cc3Br)n2)c1. The number of halogens is 1. The fourth-order valence-electron chi connectivity index (χ4n) is 2.37. The normalized spacial score (nSPS) is 10.5. The van der Waals surface area contributed by atoms with Gasteiger partial charge in [0.15, 0.2) is 0 Å². The topological polar surface area (TPSA) is 49.8 Å². The molecule has 3 aromatic rings. The minimum absolute atomic E-state index is 0.564. The van der Waals surface area contributed by atoms with Gasteiger partial charge in [-0.2, -0.15) is 4.98 Å². The van der Waals surface area contributed by atoms with Gasteiger partial charge < -0.3 is 10.6 Å². The van der Waals surface area contributed by atoms with E-state index in [9.17, 15) is 0 Å². The van der Waals surface area contributed by atoms with Crippen molar-refractivity contribution in [3.05, 3.63) is 75.9 Å². The van der Waals surface area contributed by atoms with Crippen molar-refractivity contribution in [3.8, 4) is 0 Å². The van der Waals surface area contributed by atoms with Crippen LogP contribution in [0.5, 0.6) is 0 Å². The molecule has 0 atom stereocenters. The standard InChI is InChI=1S/C19H19BrN4/c1-13-4-3-5-15(10-13)12-22-18-8-9-21-19(24-18)23-17-7-6-14(2)11-16(17)20/h3-11H,12H2,1-2H3,(H2,21,22,23,24). The third kappa shape index (κ3) is 4.32. The van der Waals surface area contributed by atoms with Crippen molar-refractivity contribution in [2.75, 3.05) is 10.6 Å². The van der Waals surface area contributed by atoms with Gasteiger partial charge in [-0.1, -0.05) is 35.9 Å². The molecular formula is C19H19BrN4. The zero-order valence-electron chi connectivity index (χ0n) is 13.7. The predicted octanol–water partition coefficient (Wildman–Crippen LogP) is 5.21. The van der Waals surface area contributed by atoms with E-state index in [4.69, 9.17) is 0 Å². The maximum atomic E-state index is 4.51. The molecule has 0 saturated carbocycles. The largest absolute Gasteiger partial charge is 0.366 e. The first kappa shape index (κ1) is 16.5. The van der Waals surface area contributed by atoms with E-state index in [0.717, 1.165) is 22.5 Å². The van der Waals surface area contributed by atoms with Gasteiger partial charge in [0.05, 0.1) is 5.69 Å². The lowest BCUT2D eigenvalue weighted by Crippen LogP contribution is -2.04. The Morgan fingerprint density at radius 2 is 1.83 bits per heavy atom. The van der Waals surface area contributed by atoms with Crippen molar-refractivity contribution < 1.29 is 0 Å². The summed E-state index contributed by atoms with van der Waals surface area (Å²) in [7, 11) is 0. The molecule has 1 heterocycles. The van der Waals surface area contributed by atoms with Crippen LogP contribution < -0.4 is 10.6 Å². The smallest absolute Gasteiger partial charge is 0.229 e. The number of anilines is 3. The molecule has 0 saturated heterocycles. The van der Waals surface area contributed by atoms with Gasteiger partial charge in [-0.15, -0.1) is 0 Å². The van der Waals surface area contributed by atoms with Crippen LogP contribution in [0.2, 0.25) is 0 Å². The molecular weight excluding hydrogens is 364 g/mol. The van der Waals surface area contributed by atoms with E-state index in [1.165, 1.54) is 16.7 Å². The summed E-state index contributed by atoms with van der Waals surface area (Å²) in [6, 6.07) is 16.4. The van der Waals surface area contributed by atoms with Crippen LogP contribution in [0.4, 0.5) is 17.5 Å². The van der Waals surface area contributed by atoms with Crippen molar-refractivity contribution in [1.29, 1.82) is 0 Å². The van der Waals surface area contributed by atoms with E-state index in [0.29, 0.717) is 5.95 Å². The molecule has 0 fully saturated rings. The predicted molar refractivity (Wildman–Crippen MR) is 103 cm³/mol. The molecule has 0 unspecified atom stereocenters. The minimum Gasteiger partial charge on any atom is -0.366 e. The lowest BCUT2D eigenvalue weighted by atomic mass is 10.1. The highest BCUT2D eigenvalue weighted by atomic mass is 79.9. The van der Waals surface area contributed by atoms with Crippen molar-refractivity contribution in [1.82, 2.24) is 9.97 Å². The highest BCUT2D eigenvalue weighted by Gasteiger charge is 2.04. The molecule has 0 amide bonds. The summed E-state index contributed by atoms with van der Waals surface area (Å²) < 4.78 is 0.990. The van der Waals surface area contributed by atoms with Crippen LogP contribution in [0.1, 0.15) is 16.7 Å². The summed E-state index contributed by atoms with van der Waals surface area (Å²) in [5.74, 6) is 1.35. The number of benzene rings is 2. The Morgan fingerprint density at radius 1 is 1.00 bits per heavy atom. The molecule has 4 nitrogen and oxygen atoms in total. The van der Waals surface area contributed by atoms with Crippen LogP contribution in [0, 0.1) is 13.8 Å². The second-order valence-corrected chi connectivity index (χ2v) is 6.57. The van der Waals surface area contributed by atoms with Gasteiger partial charge in [-0.3, -0.25) is 0 Å². The molecule has 2 N–H and O–H groups in total. The average Bonchev–Trinajstić information content (AvgIpc) is 2.56. The maximum absolute atomic E-state index is 4.51. The molecule has 0 aliphatic rings. The molecule has 0 spiro atoms. The molecule has 0 aliphatic carbocycles. The Kier molecular flexibility index (Phi) is 5.11. The molecule has 2 aromatic carbocycles. The Bertz CT molecular complexity index is 848. The zero-order chi connectivity index (χ0) is 16.9. The number of nitrogens with zero attached hydrogens (tertiary/aromatic N) is 2. The van der Waals surface area contributed by atoms with Gasteiger partial charge in [-0.25, -0.2) is 4.98 Å². The number of hydrogen-bond donors (Lipinski definition) is 2. The molecule has 24 heavy (non-hydrogen) atoms. The number of aromatic nitrogens is 2. The highest BCUT2D eigenvalue weighted by Crippen LogP contribution is 2.25. The van der Waals surface area contributed by atoms with Crippen LogP contribution in [-0.4, -0.2) is 9.97 Å². The number of nitrogens with one attached hydrogen (secondary N) is 2. The van der Waals surface area contributed by atoms with Crippen LogP contribution in [-0.2, 0) is 6.54 Å². The van der Waals surface area contributed by atoms with Crippen molar-refractivity contribution in [2.24, 2.45) is 0 Å². The van der Waals surface area contributed by atoms with Gasteiger partial charge in [-0.05, 0) is 59.1 Å². The van der Waals surface area contributed by atoms with E-state index in [-0.39, 0.29) is 0 Å². The van der Waals surface area contributed by atoms with Gasteiger partial charge in [0.2, 0.25) is 5.95 Å². The lowest BCUT2D eigenvalue weighted by Gasteiger charge is -2.10. The van der Waals surface area contributed by atoms with Crippen LogP contribution in [0.25, 0.3) is 0 Å². The van der Waals surface area contributed by atoms with Crippen LogP contribution in [0.15, 0.2) is 59.2 Å². The third-order valence-electron chi connectivity index (χ3n) is 3.58. The Morgan fingerprint density at radius 3 is 2.62 bits per heavy atom. The van der Waals surface area contributed by atoms with E-state index in [2.05, 4.69) is 80.7 Å². The summed E-state index contributed by atoms with van der Waals surface area (Å²) in [5.41, 5.74) is 4.62. The maximum Gasteiger partial charge on any atom is 0.229 e. The van der Waals surface area contributed by atoms with Gasteiger partial charge >= 0.3 is 0 Å². The van der Waals surface area contributed by atoms with Crippen LogP contribution >= 0.6 is 15.9 Å². The number of rotatable bonds is 5. The average molecular weight is 383 g/mol. The summed E-state index contributed by atoms with van der Waals surface area (Å²) in [6.07, 6.45) is 1.75. The molecule has 0 radical (unpaired) electrons. The molecule has 1 aromatic heterocycles. The highest BCUT2D eigenvalue weighted by molar-refractivity contribution is 9.10. The first-order valence-corrected chi connectivity index (χ1v) is 8.55. The van der Waals surface area contributed by atoms with E-state index >= 15 is 0 Å². The summed E-state index contributed by atoms with van der Waals surface area (Å²) >= 11 is 3.56. The number of hydrogen-bond acceptors (Lipinski definition) is 4. The van der Waals surface area contributed by atoms with E-state index < -0.39 is 0 Å². The van der Waals surface area contributed by atoms with Crippen molar-refractivity contribution in [2.45, 2.75) is 20.4 Å². The van der Waals surface area contributed by atoms with E-state index in [1.54, 1.807) is 6.20 Å². The lowest BCUT2D eigenvalue weighted by molar-refractivity contribution is 1.08. The van der Waals surface area contributed by atoms with Crippen LogP contribution in [0.3, 0.4) is 0 Å². The minimum atomic E-state index is 0.564. The van der Waals surface area contributed by atoms with Gasteiger partial charge in [0.25, 0.3) is 0 Å². The molecule has 0 bridgehead atoms. The Hall–Kier alpha value is -2.40. The monoisotopic (exact) mass is 382 g/mol. The summed E-state index contributed by atoms with van der Waals surface area (Å²) in [4.78, 5) is 8.80. The first-order chi connectivity index (χ1) is 11.6. The van der Waals surface area contributed by atoms with Crippen molar-refractivity contribution >= 4 is 33.4 Å². The summed E-state index contributed by atoms with van der Waals surface area (Å²) in [5, 5.41) is 6.57.